The van der Waals surface area contributed by atoms with E-state index in [1.807, 2.05) is 0 Å². The third kappa shape index (κ3) is 8.14. The summed E-state index contributed by atoms with van der Waals surface area (Å²) >= 11 is 0. The third-order valence-electron chi connectivity index (χ3n) is 3.56. The zero-order valence-corrected chi connectivity index (χ0v) is 13.2. The molecule has 6 nitrogen and oxygen atoms in total. The zero-order valence-electron chi connectivity index (χ0n) is 13.2. The van der Waals surface area contributed by atoms with Crippen LogP contribution in [-0.2, 0) is 19.1 Å². The number of aliphatic hydroxyl groups excluding tert-OH is 2. The lowest BCUT2D eigenvalue weighted by Gasteiger charge is -2.17. The first-order chi connectivity index (χ1) is 10.4. The average molecular weight is 314 g/mol. The molecule has 1 aliphatic heterocycles. The summed E-state index contributed by atoms with van der Waals surface area (Å²) in [5.41, 5.74) is 0. The van der Waals surface area contributed by atoms with Gasteiger partial charge in [-0.2, -0.15) is 0 Å². The number of carbonyl (C=O) groups excluding carboxylic acids is 2. The second kappa shape index (κ2) is 9.58. The molecule has 1 aliphatic rings. The van der Waals surface area contributed by atoms with Gasteiger partial charge in [-0.15, -0.1) is 0 Å². The molecule has 0 aliphatic carbocycles. The van der Waals surface area contributed by atoms with Crippen LogP contribution in [0.1, 0.15) is 52.4 Å². The molecule has 0 aromatic rings. The molecule has 22 heavy (non-hydrogen) atoms. The van der Waals surface area contributed by atoms with E-state index in [1.54, 1.807) is 13.8 Å². The van der Waals surface area contributed by atoms with E-state index in [9.17, 15) is 19.8 Å². The van der Waals surface area contributed by atoms with Crippen LogP contribution in [0.15, 0.2) is 12.2 Å². The molecule has 126 valence electrons. The van der Waals surface area contributed by atoms with Gasteiger partial charge in [0.2, 0.25) is 0 Å². The van der Waals surface area contributed by atoms with Gasteiger partial charge in [0.1, 0.15) is 0 Å². The van der Waals surface area contributed by atoms with Gasteiger partial charge in [0.15, 0.2) is 0 Å². The van der Waals surface area contributed by atoms with Crippen LogP contribution in [0.5, 0.6) is 0 Å². The van der Waals surface area contributed by atoms with Gasteiger partial charge in [-0.05, 0) is 52.0 Å². The van der Waals surface area contributed by atoms with Crippen LogP contribution in [0.3, 0.4) is 0 Å². The topological polar surface area (TPSA) is 93.1 Å². The lowest BCUT2D eigenvalue weighted by molar-refractivity contribution is -0.149. The maximum Gasteiger partial charge on any atom is 0.330 e. The van der Waals surface area contributed by atoms with E-state index in [1.165, 1.54) is 12.2 Å². The predicted molar refractivity (Wildman–Crippen MR) is 80.0 cm³/mol. The number of hydrogen-bond donors (Lipinski definition) is 2. The summed E-state index contributed by atoms with van der Waals surface area (Å²) in [6, 6.07) is 0. The molecule has 0 spiro atoms. The van der Waals surface area contributed by atoms with Crippen molar-refractivity contribution >= 4 is 11.9 Å². The minimum atomic E-state index is -0.779. The first-order valence-electron chi connectivity index (χ1n) is 7.81. The minimum absolute atomic E-state index is 0.155. The smallest absolute Gasteiger partial charge is 0.330 e. The Kier molecular flexibility index (Phi) is 8.12. The van der Waals surface area contributed by atoms with Crippen molar-refractivity contribution < 1.29 is 29.3 Å². The molecule has 2 N–H and O–H groups in total. The SMILES string of the molecule is C[C@@H]1CC[C@@H](O)CCC(=O)O[C@H](C)CC[C@@H](O)/C=C\C(=O)O1. The lowest BCUT2D eigenvalue weighted by Crippen LogP contribution is -2.21. The fraction of sp³-hybridized carbons (Fsp3) is 0.750. The molecule has 4 atom stereocenters. The van der Waals surface area contributed by atoms with Gasteiger partial charge in [0.05, 0.1) is 24.4 Å². The fourth-order valence-corrected chi connectivity index (χ4v) is 2.19. The Morgan fingerprint density at radius 3 is 2.32 bits per heavy atom. The Balaban J connectivity index is 2.63. The van der Waals surface area contributed by atoms with Gasteiger partial charge < -0.3 is 19.7 Å². The highest BCUT2D eigenvalue weighted by molar-refractivity contribution is 5.82. The van der Waals surface area contributed by atoms with Gasteiger partial charge in [-0.25, -0.2) is 4.79 Å². The van der Waals surface area contributed by atoms with Gasteiger partial charge in [-0.1, -0.05) is 0 Å². The van der Waals surface area contributed by atoms with Crippen LogP contribution in [0, 0.1) is 0 Å². The van der Waals surface area contributed by atoms with Crippen molar-refractivity contribution in [3.8, 4) is 0 Å². The molecule has 0 radical (unpaired) electrons. The van der Waals surface area contributed by atoms with E-state index < -0.39 is 18.2 Å². The highest BCUT2D eigenvalue weighted by atomic mass is 16.5. The third-order valence-corrected chi connectivity index (χ3v) is 3.56. The van der Waals surface area contributed by atoms with Gasteiger partial charge in [0.25, 0.3) is 0 Å². The highest BCUT2D eigenvalue weighted by Gasteiger charge is 2.16. The standard InChI is InChI=1S/C16H26O6/c1-11-3-5-13(17)8-10-16(20)22-12(2)4-6-14(18)7-9-15(19)21-11/h7,9,11-14,17-18H,3-6,8,10H2,1-2H3/b9-7-/t11-,12-,13-,14-/m1/s1. The molecule has 0 bridgehead atoms. The quantitative estimate of drug-likeness (QED) is 0.658. The number of hydrogen-bond acceptors (Lipinski definition) is 6. The summed E-state index contributed by atoms with van der Waals surface area (Å²) in [5.74, 6) is -0.851. The molecule has 6 heteroatoms. The Hall–Kier alpha value is -1.40. The van der Waals surface area contributed by atoms with Crippen molar-refractivity contribution in [3.63, 3.8) is 0 Å². The van der Waals surface area contributed by atoms with Gasteiger partial charge in [-0.3, -0.25) is 4.79 Å². The molecule has 0 fully saturated rings. The Bertz CT molecular complexity index is 392. The van der Waals surface area contributed by atoms with Crippen LogP contribution in [-0.4, -0.2) is 46.6 Å². The second-order valence-corrected chi connectivity index (χ2v) is 5.82. The summed E-state index contributed by atoms with van der Waals surface area (Å²) in [5, 5.41) is 19.6. The van der Waals surface area contributed by atoms with Crippen LogP contribution in [0.2, 0.25) is 0 Å². The van der Waals surface area contributed by atoms with Crippen LogP contribution in [0.25, 0.3) is 0 Å². The lowest BCUT2D eigenvalue weighted by atomic mass is 10.1. The molecule has 0 saturated heterocycles. The van der Waals surface area contributed by atoms with Crippen LogP contribution in [0.4, 0.5) is 0 Å². The van der Waals surface area contributed by atoms with E-state index in [2.05, 4.69) is 0 Å². The number of carbonyl (C=O) groups is 2. The molecule has 0 unspecified atom stereocenters. The summed E-state index contributed by atoms with van der Waals surface area (Å²) in [4.78, 5) is 23.2. The maximum atomic E-state index is 11.6. The molecule has 1 heterocycles. The zero-order chi connectivity index (χ0) is 16.5. The highest BCUT2D eigenvalue weighted by Crippen LogP contribution is 2.13. The van der Waals surface area contributed by atoms with Crippen molar-refractivity contribution in [1.29, 1.82) is 0 Å². The normalized spacial score (nSPS) is 34.5. The molecule has 0 aromatic heterocycles. The Labute approximate surface area is 131 Å². The van der Waals surface area contributed by atoms with Crippen molar-refractivity contribution in [2.75, 3.05) is 0 Å². The van der Waals surface area contributed by atoms with Crippen molar-refractivity contribution in [2.45, 2.75) is 76.8 Å². The molecule has 0 amide bonds. The molecule has 0 saturated carbocycles. The Morgan fingerprint density at radius 1 is 0.955 bits per heavy atom. The largest absolute Gasteiger partial charge is 0.463 e. The van der Waals surface area contributed by atoms with E-state index in [4.69, 9.17) is 9.47 Å². The number of ether oxygens (including phenoxy) is 2. The summed E-state index contributed by atoms with van der Waals surface area (Å²) < 4.78 is 10.4. The second-order valence-electron chi connectivity index (χ2n) is 5.82. The molecular formula is C16H26O6. The van der Waals surface area contributed by atoms with Gasteiger partial charge in [0, 0.05) is 12.5 Å². The fourth-order valence-electron chi connectivity index (χ4n) is 2.19. The average Bonchev–Trinajstić information content (AvgIpc) is 2.46. The first-order valence-corrected chi connectivity index (χ1v) is 7.81. The number of cyclic esters (lactones) is 2. The first kappa shape index (κ1) is 18.6. The molecular weight excluding hydrogens is 288 g/mol. The van der Waals surface area contributed by atoms with E-state index in [-0.39, 0.29) is 24.6 Å². The van der Waals surface area contributed by atoms with Gasteiger partial charge >= 0.3 is 11.9 Å². The van der Waals surface area contributed by atoms with E-state index in [0.29, 0.717) is 32.1 Å². The minimum Gasteiger partial charge on any atom is -0.463 e. The predicted octanol–water partition coefficient (Wildman–Crippen LogP) is 1.48. The van der Waals surface area contributed by atoms with Crippen LogP contribution < -0.4 is 0 Å². The summed E-state index contributed by atoms with van der Waals surface area (Å²) in [6.07, 6.45) is 2.87. The van der Waals surface area contributed by atoms with Crippen LogP contribution >= 0.6 is 0 Å². The Morgan fingerprint density at radius 2 is 1.59 bits per heavy atom. The van der Waals surface area contributed by atoms with Crippen molar-refractivity contribution in [3.05, 3.63) is 12.2 Å². The summed E-state index contributed by atoms with van der Waals surface area (Å²) in [7, 11) is 0. The molecule has 1 rings (SSSR count). The number of aliphatic hydroxyl groups is 2. The van der Waals surface area contributed by atoms with E-state index in [0.717, 1.165) is 0 Å². The maximum absolute atomic E-state index is 11.6. The number of esters is 2. The monoisotopic (exact) mass is 314 g/mol. The van der Waals surface area contributed by atoms with Crippen molar-refractivity contribution in [2.24, 2.45) is 0 Å². The van der Waals surface area contributed by atoms with E-state index >= 15 is 0 Å². The number of rotatable bonds is 0. The molecule has 0 aromatic carbocycles. The van der Waals surface area contributed by atoms with Crippen molar-refractivity contribution in [1.82, 2.24) is 0 Å². The summed E-state index contributed by atoms with van der Waals surface area (Å²) in [6.45, 7) is 3.50.